The third-order valence-corrected chi connectivity index (χ3v) is 4.99. The van der Waals surface area contributed by atoms with E-state index in [9.17, 15) is 18.8 Å². The minimum Gasteiger partial charge on any atom is -0.368 e. The number of nitrogens with one attached hydrogen (secondary N) is 2. The van der Waals surface area contributed by atoms with E-state index < -0.39 is 35.6 Å². The summed E-state index contributed by atoms with van der Waals surface area (Å²) in [6, 6.07) is 17.5. The molecular formula is C24H24FN3O3. The molecule has 0 spiro atoms. The molecule has 7 heteroatoms. The molecule has 0 unspecified atom stereocenters. The summed E-state index contributed by atoms with van der Waals surface area (Å²) in [7, 11) is 0. The molecule has 31 heavy (non-hydrogen) atoms. The van der Waals surface area contributed by atoms with Crippen LogP contribution in [0.5, 0.6) is 0 Å². The van der Waals surface area contributed by atoms with Crippen LogP contribution >= 0.6 is 0 Å². The van der Waals surface area contributed by atoms with Crippen LogP contribution in [0, 0.1) is 5.82 Å². The van der Waals surface area contributed by atoms with Crippen molar-refractivity contribution in [2.24, 2.45) is 5.73 Å². The summed E-state index contributed by atoms with van der Waals surface area (Å²) >= 11 is 0. The highest BCUT2D eigenvalue weighted by atomic mass is 19.1. The lowest BCUT2D eigenvalue weighted by atomic mass is 10.00. The Labute approximate surface area is 179 Å². The van der Waals surface area contributed by atoms with Gasteiger partial charge >= 0.3 is 0 Å². The molecule has 6 nitrogen and oxygen atoms in total. The number of carbonyl (C=O) groups excluding carboxylic acids is 3. The minimum absolute atomic E-state index is 0.0560. The van der Waals surface area contributed by atoms with Gasteiger partial charge in [0.2, 0.25) is 17.7 Å². The van der Waals surface area contributed by atoms with Crippen molar-refractivity contribution in [3.63, 3.8) is 0 Å². The highest BCUT2D eigenvalue weighted by molar-refractivity contribution is 5.91. The minimum atomic E-state index is -1.05. The van der Waals surface area contributed by atoms with Crippen LogP contribution < -0.4 is 16.4 Å². The van der Waals surface area contributed by atoms with Gasteiger partial charge in [0.1, 0.15) is 17.9 Å². The number of benzene rings is 3. The third-order valence-electron chi connectivity index (χ3n) is 4.99. The summed E-state index contributed by atoms with van der Waals surface area (Å²) < 4.78 is 14.0. The van der Waals surface area contributed by atoms with Gasteiger partial charge < -0.3 is 16.4 Å². The average Bonchev–Trinajstić information content (AvgIpc) is 2.73. The van der Waals surface area contributed by atoms with Gasteiger partial charge in [-0.1, -0.05) is 60.7 Å². The van der Waals surface area contributed by atoms with Crippen molar-refractivity contribution in [2.45, 2.75) is 31.8 Å². The Balaban J connectivity index is 1.76. The highest BCUT2D eigenvalue weighted by Crippen LogP contribution is 2.17. The molecule has 0 aliphatic rings. The van der Waals surface area contributed by atoms with Crippen molar-refractivity contribution < 1.29 is 18.8 Å². The molecule has 2 atom stereocenters. The van der Waals surface area contributed by atoms with Gasteiger partial charge in [-0.25, -0.2) is 4.39 Å². The van der Waals surface area contributed by atoms with E-state index in [0.29, 0.717) is 0 Å². The fraction of sp³-hybridized carbons (Fsp3) is 0.208. The smallest absolute Gasteiger partial charge is 0.243 e. The Morgan fingerprint density at radius 1 is 0.871 bits per heavy atom. The number of rotatable bonds is 8. The van der Waals surface area contributed by atoms with Crippen molar-refractivity contribution in [3.8, 4) is 0 Å². The fourth-order valence-corrected chi connectivity index (χ4v) is 3.44. The molecule has 0 bridgehead atoms. The van der Waals surface area contributed by atoms with Crippen molar-refractivity contribution in [1.29, 1.82) is 0 Å². The maximum Gasteiger partial charge on any atom is 0.243 e. The SMILES string of the molecule is CC(=O)N[C@H](Cc1ccccc1F)C(=O)N[C@H](Cc1ccc2ccccc2c1)C(N)=O. The first kappa shape index (κ1) is 22.0. The molecule has 0 aliphatic heterocycles. The summed E-state index contributed by atoms with van der Waals surface area (Å²) in [4.78, 5) is 36.5. The second-order valence-corrected chi connectivity index (χ2v) is 7.40. The molecule has 0 radical (unpaired) electrons. The Kier molecular flexibility index (Phi) is 6.97. The van der Waals surface area contributed by atoms with Gasteiger partial charge in [-0.05, 0) is 28.0 Å². The van der Waals surface area contributed by atoms with Crippen molar-refractivity contribution in [2.75, 3.05) is 0 Å². The first-order chi connectivity index (χ1) is 14.8. The van der Waals surface area contributed by atoms with Crippen LogP contribution in [0.4, 0.5) is 4.39 Å². The first-order valence-electron chi connectivity index (χ1n) is 9.91. The maximum absolute atomic E-state index is 14.0. The van der Waals surface area contributed by atoms with Gasteiger partial charge in [-0.2, -0.15) is 0 Å². The average molecular weight is 421 g/mol. The van der Waals surface area contributed by atoms with Gasteiger partial charge in [-0.15, -0.1) is 0 Å². The normalized spacial score (nSPS) is 12.7. The van der Waals surface area contributed by atoms with E-state index in [4.69, 9.17) is 5.73 Å². The molecule has 3 aromatic carbocycles. The number of primary amides is 1. The first-order valence-corrected chi connectivity index (χ1v) is 9.91. The van der Waals surface area contributed by atoms with E-state index in [2.05, 4.69) is 10.6 Å². The number of amides is 3. The van der Waals surface area contributed by atoms with E-state index in [-0.39, 0.29) is 18.4 Å². The lowest BCUT2D eigenvalue weighted by Gasteiger charge is -2.22. The second-order valence-electron chi connectivity index (χ2n) is 7.40. The molecule has 0 fully saturated rings. The van der Waals surface area contributed by atoms with E-state index in [1.165, 1.54) is 19.1 Å². The lowest BCUT2D eigenvalue weighted by molar-refractivity contribution is -0.130. The molecule has 0 saturated carbocycles. The largest absolute Gasteiger partial charge is 0.368 e. The topological polar surface area (TPSA) is 101 Å². The molecule has 160 valence electrons. The number of hydrogen-bond acceptors (Lipinski definition) is 3. The van der Waals surface area contributed by atoms with Crippen LogP contribution in [0.25, 0.3) is 10.8 Å². The van der Waals surface area contributed by atoms with Crippen LogP contribution in [0.2, 0.25) is 0 Å². The Bertz CT molecular complexity index is 1120. The monoisotopic (exact) mass is 421 g/mol. The van der Waals surface area contributed by atoms with E-state index in [0.717, 1.165) is 16.3 Å². The Morgan fingerprint density at radius 3 is 2.23 bits per heavy atom. The molecule has 0 aliphatic carbocycles. The van der Waals surface area contributed by atoms with Gasteiger partial charge in [0.25, 0.3) is 0 Å². The molecular weight excluding hydrogens is 397 g/mol. The number of nitrogens with two attached hydrogens (primary N) is 1. The van der Waals surface area contributed by atoms with E-state index in [1.54, 1.807) is 12.1 Å². The van der Waals surface area contributed by atoms with Gasteiger partial charge in [-0.3, -0.25) is 14.4 Å². The fourth-order valence-electron chi connectivity index (χ4n) is 3.44. The second kappa shape index (κ2) is 9.84. The van der Waals surface area contributed by atoms with Crippen molar-refractivity contribution in [3.05, 3.63) is 83.7 Å². The summed E-state index contributed by atoms with van der Waals surface area (Å²) in [6.45, 7) is 1.27. The molecule has 0 saturated heterocycles. The van der Waals surface area contributed by atoms with Crippen LogP contribution in [0.15, 0.2) is 66.7 Å². The zero-order valence-corrected chi connectivity index (χ0v) is 17.1. The van der Waals surface area contributed by atoms with Crippen molar-refractivity contribution in [1.82, 2.24) is 10.6 Å². The summed E-state index contributed by atoms with van der Waals surface area (Å²) in [5.74, 6) is -2.23. The number of fused-ring (bicyclic) bond motifs is 1. The van der Waals surface area contributed by atoms with Crippen LogP contribution in [-0.4, -0.2) is 29.8 Å². The Hall–Kier alpha value is -3.74. The zero-order valence-electron chi connectivity index (χ0n) is 17.1. The molecule has 0 aromatic heterocycles. The van der Waals surface area contributed by atoms with Crippen LogP contribution in [-0.2, 0) is 27.2 Å². The van der Waals surface area contributed by atoms with Gasteiger partial charge in [0.15, 0.2) is 0 Å². The Morgan fingerprint density at radius 2 is 1.55 bits per heavy atom. The highest BCUT2D eigenvalue weighted by Gasteiger charge is 2.26. The number of hydrogen-bond donors (Lipinski definition) is 3. The van der Waals surface area contributed by atoms with Gasteiger partial charge in [0.05, 0.1) is 0 Å². The molecule has 0 heterocycles. The van der Waals surface area contributed by atoms with Crippen LogP contribution in [0.3, 0.4) is 0 Å². The summed E-state index contributed by atoms with van der Waals surface area (Å²) in [5.41, 5.74) is 6.63. The summed E-state index contributed by atoms with van der Waals surface area (Å²) in [6.07, 6.45) is 0.137. The predicted octanol–water partition coefficient (Wildman–Crippen LogP) is 2.24. The predicted molar refractivity (Wildman–Crippen MR) is 116 cm³/mol. The van der Waals surface area contributed by atoms with E-state index in [1.807, 2.05) is 42.5 Å². The molecule has 4 N–H and O–H groups in total. The molecule has 3 amide bonds. The van der Waals surface area contributed by atoms with Crippen molar-refractivity contribution >= 4 is 28.5 Å². The lowest BCUT2D eigenvalue weighted by Crippen LogP contribution is -2.54. The zero-order chi connectivity index (χ0) is 22.4. The van der Waals surface area contributed by atoms with E-state index >= 15 is 0 Å². The molecule has 3 rings (SSSR count). The third kappa shape index (κ3) is 5.88. The quantitative estimate of drug-likeness (QED) is 0.520. The molecule has 3 aromatic rings. The van der Waals surface area contributed by atoms with Crippen LogP contribution in [0.1, 0.15) is 18.1 Å². The maximum atomic E-state index is 14.0. The standard InChI is InChI=1S/C24H24FN3O3/c1-15(29)27-22(14-19-8-4-5-9-20(19)25)24(31)28-21(23(26)30)13-16-10-11-17-6-2-3-7-18(17)12-16/h2-12,21-22H,13-14H2,1H3,(H2,26,30)(H,27,29)(H,28,31)/t21-,22-/m1/s1. The summed E-state index contributed by atoms with van der Waals surface area (Å²) in [5, 5.41) is 7.19. The van der Waals surface area contributed by atoms with Gasteiger partial charge in [0, 0.05) is 19.8 Å². The number of halogens is 1. The number of carbonyl (C=O) groups is 3.